The van der Waals surface area contributed by atoms with Crippen LogP contribution in [0.2, 0.25) is 0 Å². The first-order valence-corrected chi connectivity index (χ1v) is 12.5. The van der Waals surface area contributed by atoms with Crippen LogP contribution in [-0.2, 0) is 16.0 Å². The first kappa shape index (κ1) is 26.5. The number of rotatable bonds is 7. The number of carboxylic acid groups (broad SMARTS) is 1. The van der Waals surface area contributed by atoms with Gasteiger partial charge in [-0.15, -0.1) is 0 Å². The van der Waals surface area contributed by atoms with Crippen LogP contribution in [-0.4, -0.2) is 57.6 Å². The van der Waals surface area contributed by atoms with Crippen LogP contribution in [0.3, 0.4) is 0 Å². The highest BCUT2D eigenvalue weighted by Gasteiger charge is 2.35. The average molecular weight is 549 g/mol. The Morgan fingerprint density at radius 1 is 1.11 bits per heavy atom. The molecule has 0 unspecified atom stereocenters. The maximum atomic E-state index is 13.4. The Morgan fingerprint density at radius 2 is 1.84 bits per heavy atom. The zero-order valence-electron chi connectivity index (χ0n) is 20.0. The lowest BCUT2D eigenvalue weighted by molar-refractivity contribution is -0.141. The molecule has 4 aromatic rings. The molecule has 0 amide bonds. The maximum Gasteiger partial charge on any atom is 0.435 e. The molecule has 15 heteroatoms. The third-order valence-electron chi connectivity index (χ3n) is 5.24. The van der Waals surface area contributed by atoms with E-state index in [0.717, 1.165) is 23.2 Å². The highest BCUT2D eigenvalue weighted by atomic mass is 32.2. The molecule has 3 heterocycles. The molecule has 0 radical (unpaired) electrons. The molecule has 0 fully saturated rings. The second-order valence-electron chi connectivity index (χ2n) is 8.07. The fraction of sp³-hybridized carbons (Fsp3) is 0.174. The summed E-state index contributed by atoms with van der Waals surface area (Å²) >= 11 is 0. The lowest BCUT2D eigenvalue weighted by Gasteiger charge is -2.14. The van der Waals surface area contributed by atoms with Gasteiger partial charge in [0.2, 0.25) is 5.95 Å². The Labute approximate surface area is 213 Å². The van der Waals surface area contributed by atoms with Gasteiger partial charge in [-0.3, -0.25) is 4.98 Å². The minimum atomic E-state index is -4.72. The molecule has 0 atom stereocenters. The van der Waals surface area contributed by atoms with E-state index >= 15 is 0 Å². The number of halogens is 3. The number of sulfone groups is 1. The van der Waals surface area contributed by atoms with E-state index in [4.69, 9.17) is 4.74 Å². The molecule has 38 heavy (non-hydrogen) atoms. The van der Waals surface area contributed by atoms with Crippen molar-refractivity contribution >= 4 is 27.4 Å². The van der Waals surface area contributed by atoms with Gasteiger partial charge in [-0.2, -0.15) is 23.3 Å². The Bertz CT molecular complexity index is 1650. The minimum Gasteiger partial charge on any atom is -0.497 e. The van der Waals surface area contributed by atoms with Crippen LogP contribution in [0.15, 0.2) is 53.8 Å². The van der Waals surface area contributed by atoms with Gasteiger partial charge in [-0.1, -0.05) is 0 Å². The highest BCUT2D eigenvalue weighted by molar-refractivity contribution is 7.90. The number of carbonyl (C=O) groups is 1. The van der Waals surface area contributed by atoms with Crippen LogP contribution in [0.4, 0.5) is 24.8 Å². The molecule has 0 aliphatic rings. The first-order chi connectivity index (χ1) is 17.8. The van der Waals surface area contributed by atoms with E-state index in [-0.39, 0.29) is 50.5 Å². The number of aromatic carboxylic acids is 1. The standard InChI is InChI=1S/C23H19F3N6O5S/c1-12-4-19(23(24,25)26)31-32(12)20-18(13-5-14(21(33)34)10-27-9-13)11-28-22(30-20)29-15-6-16(37-2)8-17(7-15)38(3,35)36/h4-11H,1-3H3,(H,33,34)(H,28,29,30). The second-order valence-corrected chi connectivity index (χ2v) is 10.1. The van der Waals surface area contributed by atoms with Gasteiger partial charge in [-0.05, 0) is 31.2 Å². The first-order valence-electron chi connectivity index (χ1n) is 10.6. The molecule has 0 aliphatic heterocycles. The molecular weight excluding hydrogens is 529 g/mol. The van der Waals surface area contributed by atoms with E-state index < -0.39 is 27.7 Å². The number of hydrogen-bond donors (Lipinski definition) is 2. The molecule has 0 saturated carbocycles. The molecule has 0 aliphatic carbocycles. The van der Waals surface area contributed by atoms with Crippen molar-refractivity contribution in [2.75, 3.05) is 18.7 Å². The highest BCUT2D eigenvalue weighted by Crippen LogP contribution is 2.32. The summed E-state index contributed by atoms with van der Waals surface area (Å²) in [5.41, 5.74) is -0.632. The van der Waals surface area contributed by atoms with E-state index in [2.05, 4.69) is 25.4 Å². The number of aryl methyl sites for hydroxylation is 1. The second kappa shape index (κ2) is 9.74. The number of nitrogens with one attached hydrogen (secondary N) is 1. The fourth-order valence-corrected chi connectivity index (χ4v) is 4.11. The summed E-state index contributed by atoms with van der Waals surface area (Å²) in [4.78, 5) is 23.8. The summed E-state index contributed by atoms with van der Waals surface area (Å²) in [6.45, 7) is 1.40. The van der Waals surface area contributed by atoms with E-state index in [1.54, 1.807) is 0 Å². The van der Waals surface area contributed by atoms with Gasteiger partial charge in [0, 0.05) is 53.4 Å². The normalized spacial score (nSPS) is 11.8. The Balaban J connectivity index is 1.88. The van der Waals surface area contributed by atoms with Gasteiger partial charge in [0.15, 0.2) is 21.3 Å². The van der Waals surface area contributed by atoms with Crippen molar-refractivity contribution in [3.05, 3.63) is 65.9 Å². The molecule has 198 valence electrons. The van der Waals surface area contributed by atoms with Crippen molar-refractivity contribution in [3.63, 3.8) is 0 Å². The van der Waals surface area contributed by atoms with Gasteiger partial charge in [-0.25, -0.2) is 22.9 Å². The summed E-state index contributed by atoms with van der Waals surface area (Å²) in [6, 6.07) is 6.23. The number of benzene rings is 1. The van der Waals surface area contributed by atoms with Gasteiger partial charge in [0.05, 0.1) is 17.6 Å². The predicted molar refractivity (Wildman–Crippen MR) is 128 cm³/mol. The number of anilines is 2. The molecule has 3 aromatic heterocycles. The Morgan fingerprint density at radius 3 is 2.45 bits per heavy atom. The van der Waals surface area contributed by atoms with Crippen molar-refractivity contribution in [2.24, 2.45) is 0 Å². The van der Waals surface area contributed by atoms with Crippen LogP contribution in [0.5, 0.6) is 5.75 Å². The average Bonchev–Trinajstić information content (AvgIpc) is 3.25. The summed E-state index contributed by atoms with van der Waals surface area (Å²) in [7, 11) is -2.25. The third-order valence-corrected chi connectivity index (χ3v) is 6.34. The Kier molecular flexibility index (Phi) is 6.80. The number of hydrogen-bond acceptors (Lipinski definition) is 9. The van der Waals surface area contributed by atoms with E-state index in [9.17, 15) is 31.5 Å². The van der Waals surface area contributed by atoms with Crippen LogP contribution in [0, 0.1) is 6.92 Å². The van der Waals surface area contributed by atoms with Crippen LogP contribution >= 0.6 is 0 Å². The van der Waals surface area contributed by atoms with E-state index in [0.29, 0.717) is 0 Å². The summed E-state index contributed by atoms with van der Waals surface area (Å²) in [5, 5.41) is 15.8. The summed E-state index contributed by atoms with van der Waals surface area (Å²) < 4.78 is 70.4. The van der Waals surface area contributed by atoms with Crippen LogP contribution < -0.4 is 10.1 Å². The largest absolute Gasteiger partial charge is 0.497 e. The maximum absolute atomic E-state index is 13.4. The molecule has 2 N–H and O–H groups in total. The molecule has 0 bridgehead atoms. The number of nitrogens with zero attached hydrogens (tertiary/aromatic N) is 5. The number of methoxy groups -OCH3 is 1. The van der Waals surface area contributed by atoms with Crippen LogP contribution in [0.1, 0.15) is 21.7 Å². The molecule has 1 aromatic carbocycles. The zero-order valence-corrected chi connectivity index (χ0v) is 20.8. The van der Waals surface area contributed by atoms with Crippen LogP contribution in [0.25, 0.3) is 16.9 Å². The molecule has 0 saturated heterocycles. The smallest absolute Gasteiger partial charge is 0.435 e. The number of aromatic nitrogens is 5. The minimum absolute atomic E-state index is 0.0505. The van der Waals surface area contributed by atoms with Gasteiger partial charge < -0.3 is 15.2 Å². The van der Waals surface area contributed by atoms with Crippen molar-refractivity contribution in [1.82, 2.24) is 24.7 Å². The fourth-order valence-electron chi connectivity index (χ4n) is 3.43. The summed E-state index contributed by atoms with van der Waals surface area (Å²) in [6.07, 6.45) is -0.0129. The van der Waals surface area contributed by atoms with Gasteiger partial charge in [0.25, 0.3) is 0 Å². The predicted octanol–water partition coefficient (Wildman–Crippen LogP) is 3.91. The zero-order chi connectivity index (χ0) is 27.8. The third kappa shape index (κ3) is 5.56. The van der Waals surface area contributed by atoms with Crippen molar-refractivity contribution in [3.8, 4) is 22.7 Å². The SMILES string of the molecule is COc1cc(Nc2ncc(-c3cncc(C(=O)O)c3)c(-n3nc(C(F)(F)F)cc3C)n2)cc(S(C)(=O)=O)c1. The molecule has 11 nitrogen and oxygen atoms in total. The number of pyridine rings is 1. The number of ether oxygens (including phenoxy) is 1. The number of carboxylic acids is 1. The summed E-state index contributed by atoms with van der Waals surface area (Å²) in [5.74, 6) is -1.25. The van der Waals surface area contributed by atoms with Gasteiger partial charge >= 0.3 is 12.1 Å². The molecular formula is C23H19F3N6O5S. The number of alkyl halides is 3. The lowest BCUT2D eigenvalue weighted by atomic mass is 10.1. The van der Waals surface area contributed by atoms with E-state index in [1.807, 2.05) is 0 Å². The topological polar surface area (TPSA) is 149 Å². The molecule has 0 spiro atoms. The van der Waals surface area contributed by atoms with Crippen molar-refractivity contribution < 1.29 is 36.2 Å². The van der Waals surface area contributed by atoms with Gasteiger partial charge in [0.1, 0.15) is 5.75 Å². The quantitative estimate of drug-likeness (QED) is 0.348. The van der Waals surface area contributed by atoms with Crippen molar-refractivity contribution in [1.29, 1.82) is 0 Å². The molecule has 4 rings (SSSR count). The lowest BCUT2D eigenvalue weighted by Crippen LogP contribution is -2.11. The van der Waals surface area contributed by atoms with Crippen molar-refractivity contribution in [2.45, 2.75) is 18.0 Å². The van der Waals surface area contributed by atoms with E-state index in [1.165, 1.54) is 50.7 Å². The monoisotopic (exact) mass is 548 g/mol. The Hall–Kier alpha value is -4.53.